The normalized spacial score (nSPS) is 12.7. The van der Waals surface area contributed by atoms with E-state index in [1.165, 1.54) is 23.5 Å². The third-order valence-corrected chi connectivity index (χ3v) is 4.48. The van der Waals surface area contributed by atoms with Crippen molar-refractivity contribution in [1.29, 1.82) is 5.26 Å². The lowest BCUT2D eigenvalue weighted by Gasteiger charge is -2.25. The number of aryl methyl sites for hydroxylation is 1. The number of nitriles is 1. The molecule has 0 aliphatic rings. The Kier molecular flexibility index (Phi) is 4.19. The molecule has 1 atom stereocenters. The van der Waals surface area contributed by atoms with Crippen molar-refractivity contribution < 1.29 is 9.18 Å². The molecule has 108 valence electrons. The molecule has 1 aromatic heterocycles. The molecule has 21 heavy (non-hydrogen) atoms. The molecule has 2 aromatic rings. The van der Waals surface area contributed by atoms with Gasteiger partial charge >= 0.3 is 0 Å². The number of hydrogen-bond donors (Lipinski definition) is 0. The van der Waals surface area contributed by atoms with Crippen LogP contribution in [0.2, 0.25) is 0 Å². The van der Waals surface area contributed by atoms with Gasteiger partial charge in [-0.05, 0) is 38.5 Å². The first-order valence-corrected chi connectivity index (χ1v) is 7.36. The Morgan fingerprint density at radius 2 is 2.00 bits per heavy atom. The van der Waals surface area contributed by atoms with Crippen LogP contribution in [0.3, 0.4) is 0 Å². The van der Waals surface area contributed by atoms with Crippen LogP contribution in [0.1, 0.15) is 36.0 Å². The lowest BCUT2D eigenvalue weighted by molar-refractivity contribution is -0.123. The molecular weight excluding hydrogens is 287 g/mol. The predicted octanol–water partition coefficient (Wildman–Crippen LogP) is 3.74. The summed E-state index contributed by atoms with van der Waals surface area (Å²) in [6.07, 6.45) is 0. The second kappa shape index (κ2) is 5.74. The van der Waals surface area contributed by atoms with Crippen LogP contribution in [0.4, 0.5) is 4.39 Å². The summed E-state index contributed by atoms with van der Waals surface area (Å²) in [6, 6.07) is 7.84. The van der Waals surface area contributed by atoms with Crippen LogP contribution in [-0.4, -0.2) is 10.8 Å². The maximum absolute atomic E-state index is 13.0. The first-order valence-electron chi connectivity index (χ1n) is 6.48. The average Bonchev–Trinajstić information content (AvgIpc) is 2.86. The number of benzene rings is 1. The maximum Gasteiger partial charge on any atom is 0.166 e. The highest BCUT2D eigenvalue weighted by molar-refractivity contribution is 7.09. The van der Waals surface area contributed by atoms with Crippen molar-refractivity contribution >= 4 is 17.1 Å². The Balaban J connectivity index is 2.36. The van der Waals surface area contributed by atoms with Gasteiger partial charge in [0.15, 0.2) is 11.7 Å². The van der Waals surface area contributed by atoms with Crippen molar-refractivity contribution in [1.82, 2.24) is 4.98 Å². The highest BCUT2D eigenvalue weighted by Gasteiger charge is 2.37. The van der Waals surface area contributed by atoms with E-state index in [9.17, 15) is 14.4 Å². The summed E-state index contributed by atoms with van der Waals surface area (Å²) in [7, 11) is 0. The van der Waals surface area contributed by atoms with Gasteiger partial charge in [0.2, 0.25) is 0 Å². The molecule has 1 heterocycles. The highest BCUT2D eigenvalue weighted by Crippen LogP contribution is 2.32. The zero-order chi connectivity index (χ0) is 15.6. The van der Waals surface area contributed by atoms with Crippen molar-refractivity contribution in [3.8, 4) is 6.07 Å². The molecule has 0 fully saturated rings. The summed E-state index contributed by atoms with van der Waals surface area (Å²) in [5.74, 6) is -1.48. The molecule has 2 rings (SSSR count). The average molecular weight is 302 g/mol. The van der Waals surface area contributed by atoms with Gasteiger partial charge in [0.1, 0.15) is 10.8 Å². The molecule has 3 nitrogen and oxygen atoms in total. The van der Waals surface area contributed by atoms with E-state index in [2.05, 4.69) is 4.98 Å². The third-order valence-electron chi connectivity index (χ3n) is 3.46. The Morgan fingerprint density at radius 3 is 2.48 bits per heavy atom. The number of nitrogens with zero attached hydrogens (tertiary/aromatic N) is 2. The van der Waals surface area contributed by atoms with E-state index in [1.54, 1.807) is 26.0 Å². The molecule has 0 saturated carbocycles. The van der Waals surface area contributed by atoms with Crippen molar-refractivity contribution in [2.24, 2.45) is 0 Å². The number of rotatable bonds is 4. The van der Waals surface area contributed by atoms with E-state index in [4.69, 9.17) is 0 Å². The zero-order valence-corrected chi connectivity index (χ0v) is 12.9. The Hall–Kier alpha value is -2.06. The molecule has 0 aliphatic heterocycles. The second-order valence-electron chi connectivity index (χ2n) is 5.39. The minimum Gasteiger partial charge on any atom is -0.297 e. The Labute approximate surface area is 127 Å². The summed E-state index contributed by atoms with van der Waals surface area (Å²) in [4.78, 5) is 17.0. The fourth-order valence-electron chi connectivity index (χ4n) is 2.10. The molecule has 1 unspecified atom stereocenters. The molecule has 1 aromatic carbocycles. The van der Waals surface area contributed by atoms with Crippen molar-refractivity contribution in [3.63, 3.8) is 0 Å². The monoisotopic (exact) mass is 302 g/mol. The third kappa shape index (κ3) is 3.01. The van der Waals surface area contributed by atoms with Crippen LogP contribution >= 0.6 is 11.3 Å². The molecule has 0 aliphatic carbocycles. The summed E-state index contributed by atoms with van der Waals surface area (Å²) < 4.78 is 13.0. The quantitative estimate of drug-likeness (QED) is 0.864. The van der Waals surface area contributed by atoms with Gasteiger partial charge in [-0.2, -0.15) is 5.26 Å². The number of thiazole rings is 1. The van der Waals surface area contributed by atoms with Crippen molar-refractivity contribution in [3.05, 3.63) is 51.7 Å². The van der Waals surface area contributed by atoms with Crippen LogP contribution in [0.25, 0.3) is 0 Å². The van der Waals surface area contributed by atoms with E-state index < -0.39 is 11.3 Å². The summed E-state index contributed by atoms with van der Waals surface area (Å²) >= 11 is 1.31. The maximum atomic E-state index is 13.0. The van der Waals surface area contributed by atoms with Gasteiger partial charge in [-0.3, -0.25) is 4.79 Å². The van der Waals surface area contributed by atoms with E-state index in [1.807, 2.05) is 18.4 Å². The fourth-order valence-corrected chi connectivity index (χ4v) is 2.94. The smallest absolute Gasteiger partial charge is 0.166 e. The number of ketones is 1. The summed E-state index contributed by atoms with van der Waals surface area (Å²) in [5, 5.41) is 11.7. The van der Waals surface area contributed by atoms with E-state index >= 15 is 0 Å². The van der Waals surface area contributed by atoms with Crippen LogP contribution in [0.5, 0.6) is 0 Å². The van der Waals surface area contributed by atoms with Crippen molar-refractivity contribution in [2.45, 2.75) is 32.1 Å². The molecule has 0 bridgehead atoms. The predicted molar refractivity (Wildman–Crippen MR) is 79.6 cm³/mol. The van der Waals surface area contributed by atoms with Crippen LogP contribution < -0.4 is 0 Å². The van der Waals surface area contributed by atoms with Gasteiger partial charge < -0.3 is 0 Å². The van der Waals surface area contributed by atoms with Gasteiger partial charge in [-0.25, -0.2) is 9.37 Å². The van der Waals surface area contributed by atoms with Crippen LogP contribution in [0, 0.1) is 24.1 Å². The molecule has 0 radical (unpaired) electrons. The lowest BCUT2D eigenvalue weighted by atomic mass is 9.76. The van der Waals surface area contributed by atoms with Crippen molar-refractivity contribution in [2.75, 3.05) is 0 Å². The minimum atomic E-state index is -0.899. The van der Waals surface area contributed by atoms with Crippen LogP contribution in [0.15, 0.2) is 29.6 Å². The van der Waals surface area contributed by atoms with Crippen LogP contribution in [-0.2, 0) is 10.2 Å². The van der Waals surface area contributed by atoms with Gasteiger partial charge in [0.25, 0.3) is 0 Å². The number of hydrogen-bond acceptors (Lipinski definition) is 4. The lowest BCUT2D eigenvalue weighted by Crippen LogP contribution is -2.33. The van der Waals surface area contributed by atoms with E-state index in [0.29, 0.717) is 10.6 Å². The first-order chi connectivity index (χ1) is 9.86. The summed E-state index contributed by atoms with van der Waals surface area (Å²) in [6.45, 7) is 5.31. The van der Waals surface area contributed by atoms with E-state index in [0.717, 1.165) is 5.69 Å². The van der Waals surface area contributed by atoms with Gasteiger partial charge in [-0.1, -0.05) is 12.1 Å². The number of Topliss-reactive ketones (excluding diaryl/α,β-unsaturated/α-hetero) is 1. The van der Waals surface area contributed by atoms with Gasteiger partial charge in [-0.15, -0.1) is 11.3 Å². The SMILES string of the molecule is Cc1csc(C(C#N)C(=O)C(C)(C)c2ccc(F)cc2)n1. The molecule has 0 spiro atoms. The summed E-state index contributed by atoms with van der Waals surface area (Å²) in [5.41, 5.74) is 0.596. The number of carbonyl (C=O) groups is 1. The topological polar surface area (TPSA) is 53.8 Å². The molecule has 0 amide bonds. The molecule has 5 heteroatoms. The minimum absolute atomic E-state index is 0.231. The van der Waals surface area contributed by atoms with Gasteiger partial charge in [0.05, 0.1) is 11.5 Å². The first kappa shape index (κ1) is 15.3. The second-order valence-corrected chi connectivity index (χ2v) is 6.28. The Morgan fingerprint density at radius 1 is 1.38 bits per heavy atom. The van der Waals surface area contributed by atoms with Gasteiger partial charge in [0, 0.05) is 11.1 Å². The number of carbonyl (C=O) groups excluding carboxylic acids is 1. The number of aromatic nitrogens is 1. The fraction of sp³-hybridized carbons (Fsp3) is 0.312. The molecule has 0 N–H and O–H groups in total. The standard InChI is InChI=1S/C16H15FN2OS/c1-10-9-21-15(19-10)13(8-18)14(20)16(2,3)11-4-6-12(17)7-5-11/h4-7,9,13H,1-3H3. The highest BCUT2D eigenvalue weighted by atomic mass is 32.1. The zero-order valence-electron chi connectivity index (χ0n) is 12.1. The largest absolute Gasteiger partial charge is 0.297 e. The number of halogens is 1. The Bertz CT molecular complexity index is 698. The molecular formula is C16H15FN2OS. The molecule has 0 saturated heterocycles. The van der Waals surface area contributed by atoms with E-state index in [-0.39, 0.29) is 11.6 Å².